The Hall–Kier alpha value is -2.04. The second-order valence-corrected chi connectivity index (χ2v) is 5.53. The lowest BCUT2D eigenvalue weighted by atomic mass is 9.87. The Balaban J connectivity index is 1.86. The smallest absolute Gasteiger partial charge is 0.165 e. The molecule has 0 aliphatic rings. The molecule has 0 bridgehead atoms. The Morgan fingerprint density at radius 2 is 1.89 bits per heavy atom. The molecule has 2 rings (SSSR count). The number of nitrogen functional groups attached to an aromatic ring is 1. The van der Waals surface area contributed by atoms with Crippen molar-refractivity contribution >= 4 is 5.82 Å². The van der Waals surface area contributed by atoms with Gasteiger partial charge in [0.25, 0.3) is 0 Å². The zero-order valence-electron chi connectivity index (χ0n) is 11.6. The van der Waals surface area contributed by atoms with Gasteiger partial charge in [0.2, 0.25) is 0 Å². The minimum atomic E-state index is 0.163. The Bertz CT molecular complexity index is 525. The van der Waals surface area contributed by atoms with E-state index in [0.717, 1.165) is 5.75 Å². The predicted molar refractivity (Wildman–Crippen MR) is 75.1 cm³/mol. The number of ether oxygens (including phenoxy) is 1. The molecule has 0 saturated heterocycles. The first-order valence-electron chi connectivity index (χ1n) is 6.34. The number of hydrogen-bond acceptors (Lipinski definition) is 4. The Morgan fingerprint density at radius 3 is 2.42 bits per heavy atom. The molecule has 0 amide bonds. The summed E-state index contributed by atoms with van der Waals surface area (Å²) in [7, 11) is 0. The Morgan fingerprint density at radius 1 is 1.21 bits per heavy atom. The van der Waals surface area contributed by atoms with Crippen LogP contribution in [-0.4, -0.2) is 21.6 Å². The molecule has 1 aromatic heterocycles. The van der Waals surface area contributed by atoms with Gasteiger partial charge >= 0.3 is 0 Å². The molecular formula is C14H20N4O. The van der Waals surface area contributed by atoms with Gasteiger partial charge in [-0.05, 0) is 23.1 Å². The molecule has 5 nitrogen and oxygen atoms in total. The molecule has 0 saturated carbocycles. The van der Waals surface area contributed by atoms with Crippen LogP contribution < -0.4 is 10.5 Å². The van der Waals surface area contributed by atoms with Crippen LogP contribution in [0.15, 0.2) is 30.5 Å². The van der Waals surface area contributed by atoms with E-state index in [1.165, 1.54) is 5.56 Å². The molecule has 0 fully saturated rings. The number of nitrogens with zero attached hydrogens (tertiary/aromatic N) is 3. The van der Waals surface area contributed by atoms with Gasteiger partial charge in [-0.1, -0.05) is 38.1 Å². The molecule has 0 radical (unpaired) electrons. The first-order valence-corrected chi connectivity index (χ1v) is 6.34. The fraction of sp³-hybridized carbons (Fsp3) is 0.429. The topological polar surface area (TPSA) is 66.0 Å². The van der Waals surface area contributed by atoms with Crippen molar-refractivity contribution in [1.29, 1.82) is 0 Å². The molecule has 0 aliphatic carbocycles. The van der Waals surface area contributed by atoms with Crippen LogP contribution in [0.5, 0.6) is 5.75 Å². The number of aromatic nitrogens is 3. The first-order chi connectivity index (χ1) is 8.95. The maximum Gasteiger partial charge on any atom is 0.165 e. The van der Waals surface area contributed by atoms with Gasteiger partial charge in [-0.25, -0.2) is 4.68 Å². The van der Waals surface area contributed by atoms with E-state index in [4.69, 9.17) is 10.5 Å². The fourth-order valence-corrected chi connectivity index (χ4v) is 1.73. The SMILES string of the molecule is CC(C)(C)c1ccc(OCCn2cc(N)nn2)cc1. The van der Waals surface area contributed by atoms with E-state index in [2.05, 4.69) is 43.2 Å². The lowest BCUT2D eigenvalue weighted by Gasteiger charge is -2.19. The molecule has 0 spiro atoms. The molecule has 1 aromatic carbocycles. The largest absolute Gasteiger partial charge is 0.492 e. The second-order valence-electron chi connectivity index (χ2n) is 5.53. The summed E-state index contributed by atoms with van der Waals surface area (Å²) in [6, 6.07) is 8.19. The minimum Gasteiger partial charge on any atom is -0.492 e. The van der Waals surface area contributed by atoms with E-state index in [-0.39, 0.29) is 5.41 Å². The fourth-order valence-electron chi connectivity index (χ4n) is 1.73. The standard InChI is InChI=1S/C14H20N4O/c1-14(2,3)11-4-6-12(7-5-11)19-9-8-18-10-13(15)16-17-18/h4-7,10H,8-9,15H2,1-3H3. The summed E-state index contributed by atoms with van der Waals surface area (Å²) in [5, 5.41) is 7.57. The highest BCUT2D eigenvalue weighted by Crippen LogP contribution is 2.24. The van der Waals surface area contributed by atoms with Gasteiger partial charge in [-0.2, -0.15) is 0 Å². The third kappa shape index (κ3) is 3.71. The van der Waals surface area contributed by atoms with Crippen molar-refractivity contribution in [3.8, 4) is 5.75 Å². The first kappa shape index (κ1) is 13.4. The van der Waals surface area contributed by atoms with Gasteiger partial charge in [-0.15, -0.1) is 5.10 Å². The van der Waals surface area contributed by atoms with E-state index in [9.17, 15) is 0 Å². The number of nitrogens with two attached hydrogens (primary N) is 1. The molecule has 2 N–H and O–H groups in total. The average molecular weight is 260 g/mol. The second kappa shape index (κ2) is 5.30. The minimum absolute atomic E-state index is 0.163. The third-order valence-electron chi connectivity index (χ3n) is 2.87. The van der Waals surface area contributed by atoms with Gasteiger partial charge in [0, 0.05) is 0 Å². The molecule has 5 heteroatoms. The summed E-state index contributed by atoms with van der Waals surface area (Å²) in [5.41, 5.74) is 6.94. The number of hydrogen-bond donors (Lipinski definition) is 1. The third-order valence-corrected chi connectivity index (χ3v) is 2.87. The van der Waals surface area contributed by atoms with Crippen molar-refractivity contribution in [2.24, 2.45) is 0 Å². The quantitative estimate of drug-likeness (QED) is 0.915. The van der Waals surface area contributed by atoms with E-state index >= 15 is 0 Å². The van der Waals surface area contributed by atoms with Crippen LogP contribution in [0, 0.1) is 0 Å². The van der Waals surface area contributed by atoms with Crippen LogP contribution in [0.4, 0.5) is 5.82 Å². The van der Waals surface area contributed by atoms with Gasteiger partial charge in [0.15, 0.2) is 5.82 Å². The molecule has 0 unspecified atom stereocenters. The predicted octanol–water partition coefficient (Wildman–Crippen LogP) is 2.24. The van der Waals surface area contributed by atoms with Crippen LogP contribution in [0.2, 0.25) is 0 Å². The van der Waals surface area contributed by atoms with Crippen LogP contribution in [-0.2, 0) is 12.0 Å². The van der Waals surface area contributed by atoms with E-state index in [0.29, 0.717) is 19.0 Å². The summed E-state index contributed by atoms with van der Waals surface area (Å²) >= 11 is 0. The highest BCUT2D eigenvalue weighted by atomic mass is 16.5. The van der Waals surface area contributed by atoms with Crippen molar-refractivity contribution in [2.45, 2.75) is 32.7 Å². The van der Waals surface area contributed by atoms with Gasteiger partial charge in [0.1, 0.15) is 12.4 Å². The summed E-state index contributed by atoms with van der Waals surface area (Å²) in [6.45, 7) is 7.75. The summed E-state index contributed by atoms with van der Waals surface area (Å²) < 4.78 is 7.32. The van der Waals surface area contributed by atoms with E-state index in [1.807, 2.05) is 12.1 Å². The average Bonchev–Trinajstić information content (AvgIpc) is 2.75. The number of anilines is 1. The van der Waals surface area contributed by atoms with E-state index < -0.39 is 0 Å². The zero-order valence-corrected chi connectivity index (χ0v) is 11.6. The monoisotopic (exact) mass is 260 g/mol. The van der Waals surface area contributed by atoms with Crippen molar-refractivity contribution < 1.29 is 4.74 Å². The summed E-state index contributed by atoms with van der Waals surface area (Å²) in [6.07, 6.45) is 1.69. The number of rotatable bonds is 4. The van der Waals surface area contributed by atoms with E-state index in [1.54, 1.807) is 10.9 Å². The molecule has 19 heavy (non-hydrogen) atoms. The highest BCUT2D eigenvalue weighted by molar-refractivity contribution is 5.31. The van der Waals surface area contributed by atoms with Gasteiger partial charge in [0.05, 0.1) is 12.7 Å². The molecule has 0 aliphatic heterocycles. The zero-order chi connectivity index (χ0) is 13.9. The van der Waals surface area contributed by atoms with Crippen molar-refractivity contribution in [1.82, 2.24) is 15.0 Å². The van der Waals surface area contributed by atoms with Gasteiger partial charge in [-0.3, -0.25) is 0 Å². The molecule has 2 aromatic rings. The van der Waals surface area contributed by atoms with Gasteiger partial charge < -0.3 is 10.5 Å². The molecule has 0 atom stereocenters. The van der Waals surface area contributed by atoms with Crippen molar-refractivity contribution in [3.05, 3.63) is 36.0 Å². The van der Waals surface area contributed by atoms with Crippen molar-refractivity contribution in [3.63, 3.8) is 0 Å². The van der Waals surface area contributed by atoms with Crippen LogP contribution in [0.3, 0.4) is 0 Å². The van der Waals surface area contributed by atoms with Crippen LogP contribution in [0.1, 0.15) is 26.3 Å². The molecular weight excluding hydrogens is 240 g/mol. The van der Waals surface area contributed by atoms with Crippen LogP contribution >= 0.6 is 0 Å². The normalized spacial score (nSPS) is 11.5. The lowest BCUT2D eigenvalue weighted by molar-refractivity contribution is 0.289. The van der Waals surface area contributed by atoms with Crippen LogP contribution in [0.25, 0.3) is 0 Å². The highest BCUT2D eigenvalue weighted by Gasteiger charge is 2.12. The number of benzene rings is 1. The summed E-state index contributed by atoms with van der Waals surface area (Å²) in [4.78, 5) is 0. The Labute approximate surface area is 113 Å². The summed E-state index contributed by atoms with van der Waals surface area (Å²) in [5.74, 6) is 1.29. The van der Waals surface area contributed by atoms with Crippen molar-refractivity contribution in [2.75, 3.05) is 12.3 Å². The molecule has 102 valence electrons. The Kier molecular flexibility index (Phi) is 3.74. The lowest BCUT2D eigenvalue weighted by Crippen LogP contribution is -2.11. The molecule has 1 heterocycles. The maximum absolute atomic E-state index is 5.66. The maximum atomic E-state index is 5.66.